The lowest BCUT2D eigenvalue weighted by Gasteiger charge is -2.42. The molecule has 0 amide bonds. The van der Waals surface area contributed by atoms with Crippen LogP contribution in [0.4, 0.5) is 0 Å². The Bertz CT molecular complexity index is 335. The molecule has 5 atom stereocenters. The number of aliphatic hydroxyl groups excluding tert-OH is 1. The Morgan fingerprint density at radius 1 is 1.21 bits per heavy atom. The molecule has 0 saturated carbocycles. The molecular weight excluding hydrogens is 371 g/mol. The standard InChI is InChI=1S/C11H17IO7/c1-5(14)17-9-7(4-13)19-11(16-3)8(12)10(9)18-6(2)15/h7-11,13H,4H2,1-3H3/t7-,8+,9+,10-,11+/m0/s1. The van der Waals surface area contributed by atoms with Gasteiger partial charge in [-0.05, 0) is 0 Å². The predicted octanol–water partition coefficient (Wildman–Crippen LogP) is 0.0170. The van der Waals surface area contributed by atoms with Crippen molar-refractivity contribution in [3.05, 3.63) is 0 Å². The van der Waals surface area contributed by atoms with Crippen LogP contribution in [0.2, 0.25) is 0 Å². The molecule has 19 heavy (non-hydrogen) atoms. The Labute approximate surface area is 124 Å². The Morgan fingerprint density at radius 2 is 1.74 bits per heavy atom. The van der Waals surface area contributed by atoms with E-state index in [0.29, 0.717) is 0 Å². The summed E-state index contributed by atoms with van der Waals surface area (Å²) < 4.78 is 20.5. The number of aliphatic hydroxyl groups is 1. The van der Waals surface area contributed by atoms with Gasteiger partial charge in [-0.15, -0.1) is 0 Å². The number of methoxy groups -OCH3 is 1. The molecule has 110 valence electrons. The van der Waals surface area contributed by atoms with Gasteiger partial charge in [-0.3, -0.25) is 9.59 Å². The van der Waals surface area contributed by atoms with Gasteiger partial charge in [-0.1, -0.05) is 22.6 Å². The minimum Gasteiger partial charge on any atom is -0.457 e. The summed E-state index contributed by atoms with van der Waals surface area (Å²) >= 11 is 2.00. The maximum Gasteiger partial charge on any atom is 0.303 e. The summed E-state index contributed by atoms with van der Waals surface area (Å²) in [5.74, 6) is -1.04. The smallest absolute Gasteiger partial charge is 0.303 e. The van der Waals surface area contributed by atoms with Crippen molar-refractivity contribution in [2.45, 2.75) is 42.4 Å². The first-order valence-corrected chi connectivity index (χ1v) is 6.92. The van der Waals surface area contributed by atoms with Crippen molar-refractivity contribution in [2.24, 2.45) is 0 Å². The molecule has 7 nitrogen and oxygen atoms in total. The summed E-state index contributed by atoms with van der Waals surface area (Å²) in [6.45, 7) is 2.13. The van der Waals surface area contributed by atoms with Crippen LogP contribution in [0, 0.1) is 0 Å². The molecule has 1 heterocycles. The molecule has 1 fully saturated rings. The van der Waals surface area contributed by atoms with Crippen LogP contribution in [0.15, 0.2) is 0 Å². The summed E-state index contributed by atoms with van der Waals surface area (Å²) in [5, 5.41) is 9.31. The molecule has 8 heteroatoms. The third kappa shape index (κ3) is 4.26. The second-order valence-corrected chi connectivity index (χ2v) is 5.49. The molecule has 1 N–H and O–H groups in total. The lowest BCUT2D eigenvalue weighted by atomic mass is 10.0. The topological polar surface area (TPSA) is 91.3 Å². The molecule has 1 aliphatic rings. The number of esters is 2. The number of hydrogen-bond acceptors (Lipinski definition) is 7. The van der Waals surface area contributed by atoms with Gasteiger partial charge in [0.25, 0.3) is 0 Å². The molecule has 1 aliphatic heterocycles. The van der Waals surface area contributed by atoms with Crippen LogP contribution in [0.5, 0.6) is 0 Å². The van der Waals surface area contributed by atoms with Gasteiger partial charge in [0.15, 0.2) is 18.5 Å². The second-order valence-electron chi connectivity index (χ2n) is 4.05. The van der Waals surface area contributed by atoms with Gasteiger partial charge < -0.3 is 24.1 Å². The summed E-state index contributed by atoms with van der Waals surface area (Å²) in [5.41, 5.74) is 0. The van der Waals surface area contributed by atoms with Crippen molar-refractivity contribution >= 4 is 34.5 Å². The van der Waals surface area contributed by atoms with Gasteiger partial charge in [0.05, 0.1) is 6.61 Å². The number of ether oxygens (including phenoxy) is 4. The number of rotatable bonds is 4. The monoisotopic (exact) mass is 388 g/mol. The van der Waals surface area contributed by atoms with E-state index in [-0.39, 0.29) is 10.5 Å². The van der Waals surface area contributed by atoms with Crippen LogP contribution in [-0.2, 0) is 28.5 Å². The van der Waals surface area contributed by atoms with Crippen LogP contribution in [-0.4, -0.2) is 59.3 Å². The fraction of sp³-hybridized carbons (Fsp3) is 0.818. The summed E-state index contributed by atoms with van der Waals surface area (Å²) in [6, 6.07) is 0. The van der Waals surface area contributed by atoms with Crippen molar-refractivity contribution in [3.8, 4) is 0 Å². The highest BCUT2D eigenvalue weighted by Crippen LogP contribution is 2.31. The number of halogens is 1. The van der Waals surface area contributed by atoms with Crippen LogP contribution in [0.25, 0.3) is 0 Å². The third-order valence-corrected chi connectivity index (χ3v) is 3.89. The molecule has 0 radical (unpaired) electrons. The number of carbonyl (C=O) groups excluding carboxylic acids is 2. The lowest BCUT2D eigenvalue weighted by molar-refractivity contribution is -0.252. The van der Waals surface area contributed by atoms with Gasteiger partial charge >= 0.3 is 11.9 Å². The Hall–Kier alpha value is -0.450. The van der Waals surface area contributed by atoms with E-state index in [2.05, 4.69) is 0 Å². The van der Waals surface area contributed by atoms with E-state index >= 15 is 0 Å². The highest BCUT2D eigenvalue weighted by Gasteiger charge is 2.48. The zero-order chi connectivity index (χ0) is 14.6. The minimum atomic E-state index is -0.861. The Morgan fingerprint density at radius 3 is 2.16 bits per heavy atom. The van der Waals surface area contributed by atoms with Crippen molar-refractivity contribution in [1.82, 2.24) is 0 Å². The van der Waals surface area contributed by atoms with E-state index in [9.17, 15) is 14.7 Å². The number of carbonyl (C=O) groups is 2. The minimum absolute atomic E-state index is 0.362. The first kappa shape index (κ1) is 16.6. The van der Waals surface area contributed by atoms with Crippen LogP contribution in [0.3, 0.4) is 0 Å². The fourth-order valence-corrected chi connectivity index (χ4v) is 2.88. The number of hydrogen-bond donors (Lipinski definition) is 1. The third-order valence-electron chi connectivity index (χ3n) is 2.59. The van der Waals surface area contributed by atoms with Crippen molar-refractivity contribution in [2.75, 3.05) is 13.7 Å². The maximum atomic E-state index is 11.2. The molecule has 0 aromatic heterocycles. The summed E-state index contributed by atoms with van der Waals surface area (Å²) in [4.78, 5) is 22.3. The average molecular weight is 388 g/mol. The quantitative estimate of drug-likeness (QED) is 0.413. The van der Waals surface area contributed by atoms with E-state index in [4.69, 9.17) is 18.9 Å². The van der Waals surface area contributed by atoms with Gasteiger partial charge in [-0.2, -0.15) is 0 Å². The molecular formula is C11H17IO7. The molecule has 1 saturated heterocycles. The average Bonchev–Trinajstić information content (AvgIpc) is 2.33. The first-order chi connectivity index (χ1) is 8.90. The van der Waals surface area contributed by atoms with Gasteiger partial charge in [0.2, 0.25) is 0 Å². The molecule has 0 aromatic carbocycles. The molecule has 0 bridgehead atoms. The predicted molar refractivity (Wildman–Crippen MR) is 71.7 cm³/mol. The van der Waals surface area contributed by atoms with Crippen molar-refractivity contribution in [3.63, 3.8) is 0 Å². The van der Waals surface area contributed by atoms with E-state index in [1.807, 2.05) is 22.6 Å². The SMILES string of the molecule is CO[C@@H]1O[C@@H](CO)[C@@H](OC(C)=O)[C@@H](OC(C)=O)[C@H]1I. The Kier molecular flexibility index (Phi) is 6.43. The van der Waals surface area contributed by atoms with E-state index < -0.39 is 36.5 Å². The summed E-state index contributed by atoms with van der Waals surface area (Å²) in [7, 11) is 1.45. The van der Waals surface area contributed by atoms with Gasteiger partial charge in [0.1, 0.15) is 10.0 Å². The molecule has 0 spiro atoms. The highest BCUT2D eigenvalue weighted by atomic mass is 127. The van der Waals surface area contributed by atoms with Gasteiger partial charge in [-0.25, -0.2) is 0 Å². The first-order valence-electron chi connectivity index (χ1n) is 5.68. The van der Waals surface area contributed by atoms with Crippen LogP contribution < -0.4 is 0 Å². The number of alkyl halides is 1. The lowest BCUT2D eigenvalue weighted by Crippen LogP contribution is -2.59. The van der Waals surface area contributed by atoms with Crippen LogP contribution in [0.1, 0.15) is 13.8 Å². The van der Waals surface area contributed by atoms with Crippen molar-refractivity contribution in [1.29, 1.82) is 0 Å². The largest absolute Gasteiger partial charge is 0.457 e. The molecule has 0 aromatic rings. The van der Waals surface area contributed by atoms with Crippen LogP contribution >= 0.6 is 22.6 Å². The van der Waals surface area contributed by atoms with E-state index in [1.165, 1.54) is 21.0 Å². The van der Waals surface area contributed by atoms with E-state index in [0.717, 1.165) is 0 Å². The zero-order valence-corrected chi connectivity index (χ0v) is 13.0. The molecule has 0 aliphatic carbocycles. The van der Waals surface area contributed by atoms with Crippen molar-refractivity contribution < 1.29 is 33.6 Å². The molecule has 0 unspecified atom stereocenters. The summed E-state index contributed by atoms with van der Waals surface area (Å²) in [6.07, 6.45) is -3.06. The van der Waals surface area contributed by atoms with E-state index in [1.54, 1.807) is 0 Å². The van der Waals surface area contributed by atoms with Gasteiger partial charge in [0, 0.05) is 21.0 Å². The maximum absolute atomic E-state index is 11.2. The zero-order valence-electron chi connectivity index (χ0n) is 10.9. The Balaban J connectivity index is 2.96. The highest BCUT2D eigenvalue weighted by molar-refractivity contribution is 14.1. The fourth-order valence-electron chi connectivity index (χ4n) is 1.86. The second kappa shape index (κ2) is 7.36. The normalized spacial score (nSPS) is 34.7. The molecule has 1 rings (SSSR count).